The zero-order chi connectivity index (χ0) is 56.5. The molecule has 2 rings (SSSR count). The lowest BCUT2D eigenvalue weighted by atomic mass is 9.96. The van der Waals surface area contributed by atoms with Gasteiger partial charge in [-0.05, 0) is 81.9 Å². The number of likely N-dealkylation sites (tertiary alicyclic amines) is 1. The van der Waals surface area contributed by atoms with Gasteiger partial charge in [-0.15, -0.1) is 0 Å². The van der Waals surface area contributed by atoms with Gasteiger partial charge in [0.15, 0.2) is 5.96 Å². The first-order chi connectivity index (χ1) is 35.3. The Morgan fingerprint density at radius 3 is 1.92 bits per heavy atom. The van der Waals surface area contributed by atoms with Gasteiger partial charge in [-0.3, -0.25) is 52.9 Å². The largest absolute Gasteiger partial charge is 0.391 e. The van der Waals surface area contributed by atoms with Gasteiger partial charge >= 0.3 is 0 Å². The molecule has 0 radical (unpaired) electrons. The smallest absolute Gasteiger partial charge is 0.245 e. The van der Waals surface area contributed by atoms with E-state index >= 15 is 0 Å². The number of carbonyl (C=O) groups is 10. The van der Waals surface area contributed by atoms with Crippen LogP contribution >= 0.6 is 0 Å². The van der Waals surface area contributed by atoms with Crippen LogP contribution < -0.4 is 54.0 Å². The van der Waals surface area contributed by atoms with E-state index in [9.17, 15) is 57.4 Å². The first-order valence-electron chi connectivity index (χ1n) is 25.7. The quantitative estimate of drug-likeness (QED) is 0.0225. The molecule has 420 valence electrons. The molecule has 0 spiro atoms. The predicted molar refractivity (Wildman–Crippen MR) is 277 cm³/mol. The third kappa shape index (κ3) is 22.2. The molecule has 10 amide bonds. The van der Waals surface area contributed by atoms with Crippen molar-refractivity contribution in [1.82, 2.24) is 52.3 Å². The molecule has 0 aromatic heterocycles. The molecule has 1 aliphatic heterocycles. The molecule has 13 N–H and O–H groups in total. The lowest BCUT2D eigenvalue weighted by molar-refractivity contribution is -0.142. The Morgan fingerprint density at radius 2 is 1.35 bits per heavy atom. The number of nitrogens with two attached hydrogens (primary N) is 2. The van der Waals surface area contributed by atoms with Gasteiger partial charge in [0, 0.05) is 40.0 Å². The van der Waals surface area contributed by atoms with E-state index in [-0.39, 0.29) is 75.4 Å². The van der Waals surface area contributed by atoms with Gasteiger partial charge in [0.05, 0.1) is 19.2 Å². The highest BCUT2D eigenvalue weighted by atomic mass is 19.1. The van der Waals surface area contributed by atoms with Crippen LogP contribution in [0.1, 0.15) is 112 Å². The van der Waals surface area contributed by atoms with Gasteiger partial charge in [0.25, 0.3) is 0 Å². The number of halogens is 1. The number of rotatable bonds is 31. The number of hydrogen-bond acceptors (Lipinski definition) is 12. The number of hydrogen-bond donors (Lipinski definition) is 11. The second-order valence-corrected chi connectivity index (χ2v) is 19.3. The number of nitrogens with zero attached hydrogens (tertiary/aromatic N) is 3. The maximum atomic E-state index is 14.2. The highest BCUT2D eigenvalue weighted by molar-refractivity contribution is 5.98. The third-order valence-corrected chi connectivity index (χ3v) is 12.5. The molecule has 9 atom stereocenters. The average Bonchev–Trinajstić information content (AvgIpc) is 3.85. The fourth-order valence-corrected chi connectivity index (χ4v) is 8.10. The topological polar surface area (TPSA) is 358 Å². The number of aliphatic imine (C=N–C) groups is 1. The summed E-state index contributed by atoms with van der Waals surface area (Å²) in [5.41, 5.74) is 11.4. The molecule has 0 aliphatic carbocycles. The van der Waals surface area contributed by atoms with E-state index in [1.807, 2.05) is 0 Å². The van der Waals surface area contributed by atoms with Crippen LogP contribution in [0, 0.1) is 17.7 Å². The molecule has 0 saturated carbocycles. The van der Waals surface area contributed by atoms with Crippen LogP contribution in [0.2, 0.25) is 0 Å². The molecule has 24 nitrogen and oxygen atoms in total. The number of guanidine groups is 1. The molecule has 1 heterocycles. The third-order valence-electron chi connectivity index (χ3n) is 12.5. The highest BCUT2D eigenvalue weighted by Crippen LogP contribution is 2.21. The van der Waals surface area contributed by atoms with Crippen LogP contribution in [0.15, 0.2) is 29.3 Å². The maximum absolute atomic E-state index is 14.2. The predicted octanol–water partition coefficient (Wildman–Crippen LogP) is -1.67. The van der Waals surface area contributed by atoms with Crippen molar-refractivity contribution in [3.8, 4) is 0 Å². The second-order valence-electron chi connectivity index (χ2n) is 19.3. The van der Waals surface area contributed by atoms with E-state index in [1.165, 1.54) is 37.9 Å². The normalized spacial score (nSPS) is 16.3. The molecule has 1 aromatic carbocycles. The number of nitrogens with one attached hydrogen (secondary N) is 8. The van der Waals surface area contributed by atoms with E-state index in [4.69, 9.17) is 11.5 Å². The standard InChI is InChI=1S/C50H82FN13O11/c1-10-15-34(43(69)61-41(29(6)11-2)47(73)59-35(16-13-22-55-50(52)53)49(75)64-23-14-17-38(64)46(72)54-12-3)58-48(74)42(30(7)65)62-45(71)36(24-28(4)5)60-44(70)37(25-32-18-20-33(51)21-19-32)57-39(67)26-56-40(68)27-63(9)31(8)66/h18-21,28-30,34-38,41-42,65H,10-17,22-27H2,1-9H3,(H,54,72)(H,56,68)(H,57,67)(H,58,74)(H,59,73)(H,60,70)(H,61,69)(H,62,71)(H4,52,53,55)/t29-,30+,34-,35-,36+,37-,38-,41-,42-/m0/s1. The van der Waals surface area contributed by atoms with Crippen LogP contribution in [0.3, 0.4) is 0 Å². The Bertz CT molecular complexity index is 2140. The van der Waals surface area contributed by atoms with Crippen molar-refractivity contribution in [2.75, 3.05) is 39.8 Å². The minimum Gasteiger partial charge on any atom is -0.391 e. The van der Waals surface area contributed by atoms with Crippen molar-refractivity contribution >= 4 is 65.0 Å². The van der Waals surface area contributed by atoms with Crippen molar-refractivity contribution in [3.05, 3.63) is 35.6 Å². The van der Waals surface area contributed by atoms with Gasteiger partial charge in [0.1, 0.15) is 48.1 Å². The monoisotopic (exact) mass is 1060 g/mol. The summed E-state index contributed by atoms with van der Waals surface area (Å²) < 4.78 is 13.8. The highest BCUT2D eigenvalue weighted by Gasteiger charge is 2.40. The molecular weight excluding hydrogens is 978 g/mol. The summed E-state index contributed by atoms with van der Waals surface area (Å²) in [6, 6.07) is -3.64. The first-order valence-corrected chi connectivity index (χ1v) is 25.7. The summed E-state index contributed by atoms with van der Waals surface area (Å²) in [5, 5.41) is 31.8. The Morgan fingerprint density at radius 1 is 0.760 bits per heavy atom. The molecule has 25 heteroatoms. The fourth-order valence-electron chi connectivity index (χ4n) is 8.10. The van der Waals surface area contributed by atoms with E-state index < -0.39 is 114 Å². The molecule has 1 aromatic rings. The van der Waals surface area contributed by atoms with Crippen LogP contribution in [-0.4, -0.2) is 168 Å². The Labute approximate surface area is 439 Å². The molecule has 0 bridgehead atoms. The Balaban J connectivity index is 2.35. The van der Waals surface area contributed by atoms with Gasteiger partial charge in [-0.1, -0.05) is 59.6 Å². The van der Waals surface area contributed by atoms with E-state index in [0.717, 1.165) is 17.0 Å². The molecule has 1 aliphatic rings. The SMILES string of the molecule is CCC[C@H](NC(=O)[C@@H](NC(=O)[C@@H](CC(C)C)NC(=O)[C@H](Cc1ccc(F)cc1)NC(=O)CNC(=O)CN(C)C(C)=O)[C@@H](C)O)C(=O)N[C@H](C(=O)N[C@@H](CCCN=C(N)N)C(=O)N1CCC[C@H]1C(=O)NCC)[C@@H](C)CC. The van der Waals surface area contributed by atoms with E-state index in [2.05, 4.69) is 47.5 Å². The number of amides is 10. The summed E-state index contributed by atoms with van der Waals surface area (Å²) in [7, 11) is 1.40. The summed E-state index contributed by atoms with van der Waals surface area (Å²) in [5.74, 6) is -8.23. The molecule has 75 heavy (non-hydrogen) atoms. The second kappa shape index (κ2) is 32.4. The van der Waals surface area contributed by atoms with Gasteiger partial charge in [-0.25, -0.2) is 4.39 Å². The average molecular weight is 1060 g/mol. The van der Waals surface area contributed by atoms with E-state index in [0.29, 0.717) is 37.8 Å². The molecular formula is C50H82FN13O11. The first kappa shape index (κ1) is 64.2. The number of carbonyl (C=O) groups excluding carboxylic acids is 10. The Kier molecular flexibility index (Phi) is 27.7. The number of likely N-dealkylation sites (N-methyl/N-ethyl adjacent to an activating group) is 2. The molecule has 1 fully saturated rings. The number of aliphatic hydroxyl groups is 1. The van der Waals surface area contributed by atoms with Crippen molar-refractivity contribution in [2.45, 2.75) is 162 Å². The van der Waals surface area contributed by atoms with Crippen molar-refractivity contribution in [2.24, 2.45) is 28.3 Å². The number of benzene rings is 1. The number of aliphatic hydroxyl groups excluding tert-OH is 1. The van der Waals surface area contributed by atoms with E-state index in [1.54, 1.807) is 41.5 Å². The summed E-state index contributed by atoms with van der Waals surface area (Å²) in [4.78, 5) is 141. The zero-order valence-electron chi connectivity index (χ0n) is 44.9. The summed E-state index contributed by atoms with van der Waals surface area (Å²) >= 11 is 0. The zero-order valence-corrected chi connectivity index (χ0v) is 44.9. The minimum atomic E-state index is -1.68. The lowest BCUT2D eigenvalue weighted by Crippen LogP contribution is -2.62. The molecule has 0 unspecified atom stereocenters. The van der Waals surface area contributed by atoms with Crippen LogP contribution in [-0.2, 0) is 54.4 Å². The van der Waals surface area contributed by atoms with Gasteiger partial charge in [-0.2, -0.15) is 0 Å². The van der Waals surface area contributed by atoms with Crippen molar-refractivity contribution < 1.29 is 57.4 Å². The summed E-state index contributed by atoms with van der Waals surface area (Å²) in [6.07, 6.45) is 0.506. The van der Waals surface area contributed by atoms with Gasteiger partial charge in [0.2, 0.25) is 59.1 Å². The van der Waals surface area contributed by atoms with Crippen LogP contribution in [0.25, 0.3) is 0 Å². The molecule has 1 saturated heterocycles. The Hall–Kier alpha value is -6.92. The van der Waals surface area contributed by atoms with Crippen molar-refractivity contribution in [1.29, 1.82) is 0 Å². The minimum absolute atomic E-state index is 0.0120. The van der Waals surface area contributed by atoms with Crippen LogP contribution in [0.4, 0.5) is 4.39 Å². The fraction of sp³-hybridized carbons (Fsp3) is 0.660. The lowest BCUT2D eigenvalue weighted by Gasteiger charge is -2.31. The summed E-state index contributed by atoms with van der Waals surface area (Å²) in [6.45, 7) is 13.0. The maximum Gasteiger partial charge on any atom is 0.245 e. The van der Waals surface area contributed by atoms with Crippen molar-refractivity contribution in [3.63, 3.8) is 0 Å². The van der Waals surface area contributed by atoms with Gasteiger partial charge < -0.3 is 68.9 Å². The van der Waals surface area contributed by atoms with Crippen LogP contribution in [0.5, 0.6) is 0 Å².